The number of rotatable bonds is 5. The Morgan fingerprint density at radius 2 is 2.03 bits per heavy atom. The molecule has 1 unspecified atom stereocenters. The van der Waals surface area contributed by atoms with Crippen molar-refractivity contribution in [3.8, 4) is 5.75 Å². The quantitative estimate of drug-likeness (QED) is 0.511. The van der Waals surface area contributed by atoms with Gasteiger partial charge < -0.3 is 14.8 Å². The molecule has 0 aliphatic heterocycles. The molecule has 30 heavy (non-hydrogen) atoms. The minimum absolute atomic E-state index is 0.200. The number of methoxy groups -OCH3 is 1. The van der Waals surface area contributed by atoms with Crippen LogP contribution in [0, 0.1) is 11.3 Å². The van der Waals surface area contributed by atoms with E-state index in [1.807, 2.05) is 6.92 Å². The molecule has 0 saturated heterocycles. The van der Waals surface area contributed by atoms with E-state index >= 15 is 0 Å². The van der Waals surface area contributed by atoms with Crippen molar-refractivity contribution >= 4 is 44.1 Å². The summed E-state index contributed by atoms with van der Waals surface area (Å²) >= 11 is 4.94. The molecule has 7 heteroatoms. The molecule has 0 radical (unpaired) electrons. The van der Waals surface area contributed by atoms with E-state index in [9.17, 15) is 9.59 Å². The fourth-order valence-corrected chi connectivity index (χ4v) is 5.62. The van der Waals surface area contributed by atoms with Crippen molar-refractivity contribution < 1.29 is 19.1 Å². The van der Waals surface area contributed by atoms with E-state index in [1.165, 1.54) is 23.3 Å². The third kappa shape index (κ3) is 4.72. The maximum absolute atomic E-state index is 12.9. The number of hydrogen-bond acceptors (Lipinski definition) is 5. The lowest BCUT2D eigenvalue weighted by Crippen LogP contribution is -2.26. The van der Waals surface area contributed by atoms with Gasteiger partial charge in [-0.3, -0.25) is 4.79 Å². The second kappa shape index (κ2) is 9.10. The normalized spacial score (nSPS) is 16.0. The Hall–Kier alpha value is -1.86. The lowest BCUT2D eigenvalue weighted by atomic mass is 9.72. The molecule has 0 saturated carbocycles. The summed E-state index contributed by atoms with van der Waals surface area (Å²) in [5.41, 5.74) is 2.21. The summed E-state index contributed by atoms with van der Waals surface area (Å²) in [6.45, 7) is 9.21. The van der Waals surface area contributed by atoms with Gasteiger partial charge in [0.05, 0.1) is 23.8 Å². The monoisotopic (exact) mass is 493 g/mol. The van der Waals surface area contributed by atoms with Crippen molar-refractivity contribution in [2.24, 2.45) is 11.3 Å². The van der Waals surface area contributed by atoms with Crippen molar-refractivity contribution in [1.82, 2.24) is 0 Å². The van der Waals surface area contributed by atoms with E-state index in [0.717, 1.165) is 24.8 Å². The number of thiophene rings is 1. The zero-order valence-corrected chi connectivity index (χ0v) is 20.5. The minimum atomic E-state index is -0.398. The fraction of sp³-hybridized carbons (Fsp3) is 0.478. The van der Waals surface area contributed by atoms with E-state index in [1.54, 1.807) is 18.2 Å². The summed E-state index contributed by atoms with van der Waals surface area (Å²) in [6, 6.07) is 5.20. The summed E-state index contributed by atoms with van der Waals surface area (Å²) < 4.78 is 11.3. The molecule has 1 aromatic heterocycles. The molecule has 0 bridgehead atoms. The van der Waals surface area contributed by atoms with Gasteiger partial charge in [-0.05, 0) is 77.2 Å². The maximum Gasteiger partial charge on any atom is 0.341 e. The number of nitrogens with one attached hydrogen (secondary N) is 1. The van der Waals surface area contributed by atoms with Gasteiger partial charge in [0.25, 0.3) is 5.91 Å². The Labute approximate surface area is 190 Å². The molecule has 5 nitrogen and oxygen atoms in total. The smallest absolute Gasteiger partial charge is 0.341 e. The predicted octanol–water partition coefficient (Wildman–Crippen LogP) is 6.10. The van der Waals surface area contributed by atoms with Gasteiger partial charge >= 0.3 is 5.97 Å². The van der Waals surface area contributed by atoms with E-state index < -0.39 is 5.97 Å². The van der Waals surface area contributed by atoms with Gasteiger partial charge in [0.1, 0.15) is 10.8 Å². The zero-order chi connectivity index (χ0) is 22.1. The first kappa shape index (κ1) is 22.8. The van der Waals surface area contributed by atoms with Gasteiger partial charge in [-0.2, -0.15) is 0 Å². The van der Waals surface area contributed by atoms with Crippen LogP contribution in [0.4, 0.5) is 5.00 Å². The molecule has 1 aliphatic carbocycles. The number of fused-ring (bicyclic) bond motifs is 1. The van der Waals surface area contributed by atoms with Crippen molar-refractivity contribution in [1.29, 1.82) is 0 Å². The SMILES string of the molecule is CCOc1ccc(C(=O)Nc2sc3c(c2C(=O)OC)CCC(C(C)(C)C)C3)cc1Br. The van der Waals surface area contributed by atoms with Crippen molar-refractivity contribution in [3.05, 3.63) is 44.2 Å². The van der Waals surface area contributed by atoms with Gasteiger partial charge in [0.2, 0.25) is 0 Å². The highest BCUT2D eigenvalue weighted by atomic mass is 79.9. The van der Waals surface area contributed by atoms with Crippen LogP contribution in [0.15, 0.2) is 22.7 Å². The number of amides is 1. The summed E-state index contributed by atoms with van der Waals surface area (Å²) in [5.74, 6) is 0.559. The second-order valence-electron chi connectivity index (χ2n) is 8.54. The molecule has 1 amide bonds. The van der Waals surface area contributed by atoms with E-state index in [0.29, 0.717) is 38.9 Å². The Balaban J connectivity index is 1.90. The summed E-state index contributed by atoms with van der Waals surface area (Å²) in [4.78, 5) is 26.6. The molecule has 1 N–H and O–H groups in total. The van der Waals surface area contributed by atoms with Crippen molar-refractivity contribution in [2.75, 3.05) is 19.0 Å². The molecular formula is C23H28BrNO4S. The van der Waals surface area contributed by atoms with Crippen LogP contribution in [0.5, 0.6) is 5.75 Å². The van der Waals surface area contributed by atoms with Gasteiger partial charge in [0.15, 0.2) is 0 Å². The summed E-state index contributed by atoms with van der Waals surface area (Å²) in [6.07, 6.45) is 2.76. The first-order chi connectivity index (χ1) is 14.2. The second-order valence-corrected chi connectivity index (χ2v) is 10.5. The zero-order valence-electron chi connectivity index (χ0n) is 18.1. The number of benzene rings is 1. The Morgan fingerprint density at radius 3 is 2.63 bits per heavy atom. The number of ether oxygens (including phenoxy) is 2. The average molecular weight is 494 g/mol. The van der Waals surface area contributed by atoms with Crippen LogP contribution in [0.1, 0.15) is 65.3 Å². The molecule has 0 fully saturated rings. The summed E-state index contributed by atoms with van der Waals surface area (Å²) in [7, 11) is 1.38. The fourth-order valence-electron chi connectivity index (χ4n) is 3.82. The van der Waals surface area contributed by atoms with Crippen LogP contribution >= 0.6 is 27.3 Å². The van der Waals surface area contributed by atoms with Crippen LogP contribution in [-0.2, 0) is 17.6 Å². The number of carbonyl (C=O) groups excluding carboxylic acids is 2. The molecule has 0 spiro atoms. The van der Waals surface area contributed by atoms with Crippen LogP contribution in [0.3, 0.4) is 0 Å². The van der Waals surface area contributed by atoms with E-state index in [4.69, 9.17) is 9.47 Å². The average Bonchev–Trinajstić information content (AvgIpc) is 3.05. The highest BCUT2D eigenvalue weighted by Gasteiger charge is 2.34. The Kier molecular flexibility index (Phi) is 6.92. The molecule has 162 valence electrons. The third-order valence-electron chi connectivity index (χ3n) is 5.60. The number of carbonyl (C=O) groups is 2. The predicted molar refractivity (Wildman–Crippen MR) is 124 cm³/mol. The summed E-state index contributed by atoms with van der Waals surface area (Å²) in [5, 5.41) is 3.51. The number of hydrogen-bond donors (Lipinski definition) is 1. The van der Waals surface area contributed by atoms with Gasteiger partial charge in [-0.15, -0.1) is 11.3 Å². The minimum Gasteiger partial charge on any atom is -0.493 e. The van der Waals surface area contributed by atoms with Gasteiger partial charge in [-0.25, -0.2) is 4.79 Å². The van der Waals surface area contributed by atoms with Gasteiger partial charge in [-0.1, -0.05) is 20.8 Å². The molecular weight excluding hydrogens is 466 g/mol. The topological polar surface area (TPSA) is 64.6 Å². The lowest BCUT2D eigenvalue weighted by molar-refractivity contribution is 0.0600. The third-order valence-corrected chi connectivity index (χ3v) is 7.39. The number of esters is 1. The van der Waals surface area contributed by atoms with E-state index in [-0.39, 0.29) is 11.3 Å². The Morgan fingerprint density at radius 1 is 1.30 bits per heavy atom. The molecule has 1 aromatic carbocycles. The first-order valence-electron chi connectivity index (χ1n) is 10.1. The van der Waals surface area contributed by atoms with Crippen molar-refractivity contribution in [3.63, 3.8) is 0 Å². The number of halogens is 1. The largest absolute Gasteiger partial charge is 0.493 e. The number of anilines is 1. The van der Waals surface area contributed by atoms with Crippen LogP contribution in [-0.4, -0.2) is 25.6 Å². The molecule has 2 aromatic rings. The first-order valence-corrected chi connectivity index (χ1v) is 11.7. The standard InChI is InChI=1S/C23H28BrNO4S/c1-6-29-17-10-7-13(11-16(17)24)20(26)25-21-19(22(27)28-5)15-9-8-14(23(2,3)4)12-18(15)30-21/h7,10-11,14H,6,8-9,12H2,1-5H3,(H,25,26). The van der Waals surface area contributed by atoms with Crippen LogP contribution in [0.2, 0.25) is 0 Å². The van der Waals surface area contributed by atoms with Crippen LogP contribution in [0.25, 0.3) is 0 Å². The molecule has 3 rings (SSSR count). The maximum atomic E-state index is 12.9. The lowest BCUT2D eigenvalue weighted by Gasteiger charge is -2.33. The molecule has 1 aliphatic rings. The Bertz CT molecular complexity index is 961. The highest BCUT2D eigenvalue weighted by Crippen LogP contribution is 2.44. The highest BCUT2D eigenvalue weighted by molar-refractivity contribution is 9.10. The molecule has 1 atom stereocenters. The van der Waals surface area contributed by atoms with Crippen LogP contribution < -0.4 is 10.1 Å². The molecule has 1 heterocycles. The van der Waals surface area contributed by atoms with Gasteiger partial charge in [0, 0.05) is 10.4 Å². The van der Waals surface area contributed by atoms with Crippen molar-refractivity contribution in [2.45, 2.75) is 47.0 Å². The van der Waals surface area contributed by atoms with E-state index in [2.05, 4.69) is 42.0 Å².